The van der Waals surface area contributed by atoms with Crippen molar-refractivity contribution in [3.63, 3.8) is 0 Å². The lowest BCUT2D eigenvalue weighted by molar-refractivity contribution is -0.143. The molecule has 2 unspecified atom stereocenters. The van der Waals surface area contributed by atoms with Crippen molar-refractivity contribution in [1.82, 2.24) is 5.32 Å². The van der Waals surface area contributed by atoms with E-state index in [1.807, 2.05) is 0 Å². The second-order valence-corrected chi connectivity index (χ2v) is 16.8. The first-order chi connectivity index (χ1) is 28.0. The van der Waals surface area contributed by atoms with E-state index in [0.717, 1.165) is 77.0 Å². The van der Waals surface area contributed by atoms with E-state index in [9.17, 15) is 19.8 Å². The van der Waals surface area contributed by atoms with Gasteiger partial charge in [-0.15, -0.1) is 0 Å². The zero-order valence-corrected chi connectivity index (χ0v) is 37.8. The predicted octanol–water partition coefficient (Wildman–Crippen LogP) is 14.5. The van der Waals surface area contributed by atoms with Crippen molar-refractivity contribution in [3.05, 3.63) is 36.5 Å². The minimum absolute atomic E-state index is 0.0317. The average molecular weight is 802 g/mol. The lowest BCUT2D eigenvalue weighted by atomic mass is 10.0. The van der Waals surface area contributed by atoms with E-state index < -0.39 is 12.1 Å². The normalized spacial score (nSPS) is 13.0. The molecule has 6 nitrogen and oxygen atoms in total. The van der Waals surface area contributed by atoms with Gasteiger partial charge in [0.05, 0.1) is 25.4 Å². The molecular weight excluding hydrogens is 707 g/mol. The first-order valence-corrected chi connectivity index (χ1v) is 24.8. The van der Waals surface area contributed by atoms with Crippen molar-refractivity contribution < 1.29 is 24.5 Å². The largest absolute Gasteiger partial charge is 0.466 e. The van der Waals surface area contributed by atoms with Gasteiger partial charge in [-0.1, -0.05) is 192 Å². The summed E-state index contributed by atoms with van der Waals surface area (Å²) >= 11 is 0. The van der Waals surface area contributed by atoms with Crippen LogP contribution >= 0.6 is 0 Å². The maximum atomic E-state index is 12.4. The second kappa shape index (κ2) is 46.8. The quantitative estimate of drug-likeness (QED) is 0.0247. The molecule has 0 saturated heterocycles. The van der Waals surface area contributed by atoms with Gasteiger partial charge < -0.3 is 20.3 Å². The van der Waals surface area contributed by atoms with Gasteiger partial charge in [0.15, 0.2) is 0 Å². The Hall–Kier alpha value is -1.92. The molecule has 57 heavy (non-hydrogen) atoms. The highest BCUT2D eigenvalue weighted by molar-refractivity contribution is 5.76. The minimum atomic E-state index is -0.677. The monoisotopic (exact) mass is 802 g/mol. The minimum Gasteiger partial charge on any atom is -0.466 e. The number of aliphatic hydroxyl groups is 2. The van der Waals surface area contributed by atoms with Crippen molar-refractivity contribution in [1.29, 1.82) is 0 Å². The van der Waals surface area contributed by atoms with Crippen LogP contribution in [0.25, 0.3) is 0 Å². The summed E-state index contributed by atoms with van der Waals surface area (Å²) in [6.07, 6.45) is 55.4. The summed E-state index contributed by atoms with van der Waals surface area (Å²) in [7, 11) is 0. The summed E-state index contributed by atoms with van der Waals surface area (Å²) in [5, 5.41) is 23.1. The van der Waals surface area contributed by atoms with E-state index in [4.69, 9.17) is 4.74 Å². The number of carbonyl (C=O) groups is 2. The van der Waals surface area contributed by atoms with Gasteiger partial charge in [0.1, 0.15) is 0 Å². The van der Waals surface area contributed by atoms with Crippen molar-refractivity contribution in [2.24, 2.45) is 0 Å². The fourth-order valence-electron chi connectivity index (χ4n) is 7.33. The number of carbonyl (C=O) groups excluding carboxylic acids is 2. The Bertz CT molecular complexity index is 931. The highest BCUT2D eigenvalue weighted by atomic mass is 16.5. The molecule has 0 aromatic heterocycles. The van der Waals surface area contributed by atoms with E-state index >= 15 is 0 Å². The summed E-state index contributed by atoms with van der Waals surface area (Å²) in [4.78, 5) is 24.4. The molecule has 3 N–H and O–H groups in total. The van der Waals surface area contributed by atoms with E-state index in [-0.39, 0.29) is 18.5 Å². The van der Waals surface area contributed by atoms with Gasteiger partial charge in [0, 0.05) is 12.8 Å². The van der Waals surface area contributed by atoms with Crippen LogP contribution in [0.1, 0.15) is 251 Å². The maximum absolute atomic E-state index is 12.4. The molecule has 0 spiro atoms. The number of aliphatic hydroxyl groups excluding tert-OH is 2. The lowest BCUT2D eigenvalue weighted by Gasteiger charge is -2.22. The predicted molar refractivity (Wildman–Crippen MR) is 246 cm³/mol. The number of hydrogen-bond donors (Lipinski definition) is 3. The summed E-state index contributed by atoms with van der Waals surface area (Å²) in [5.41, 5.74) is 0. The Morgan fingerprint density at radius 3 is 1.37 bits per heavy atom. The summed E-state index contributed by atoms with van der Waals surface area (Å²) in [5.74, 6) is -0.0912. The van der Waals surface area contributed by atoms with E-state index in [1.165, 1.54) is 141 Å². The molecule has 334 valence electrons. The van der Waals surface area contributed by atoms with Crippen LogP contribution in [0.2, 0.25) is 0 Å². The molecule has 0 heterocycles. The Morgan fingerprint density at radius 1 is 0.491 bits per heavy atom. The molecule has 0 radical (unpaired) electrons. The number of allylic oxidation sites excluding steroid dienone is 6. The number of hydrogen-bond acceptors (Lipinski definition) is 5. The number of rotatable bonds is 45. The molecule has 0 aromatic rings. The van der Waals surface area contributed by atoms with E-state index in [0.29, 0.717) is 25.9 Å². The molecule has 0 bridgehead atoms. The SMILES string of the molecule is CCCCCC/C=C\CCCCCCCC(=O)OCCCCC/C=C\C=C/CCCCCCCCC(=O)NC(CO)C(O)CCCCCCCCCCCCCC. The smallest absolute Gasteiger partial charge is 0.305 e. The van der Waals surface area contributed by atoms with Gasteiger partial charge >= 0.3 is 5.97 Å². The van der Waals surface area contributed by atoms with Gasteiger partial charge in [-0.05, 0) is 83.5 Å². The Balaban J connectivity index is 3.54. The lowest BCUT2D eigenvalue weighted by Crippen LogP contribution is -2.45. The van der Waals surface area contributed by atoms with Crippen LogP contribution in [0.5, 0.6) is 0 Å². The highest BCUT2D eigenvalue weighted by Gasteiger charge is 2.20. The Labute approximate surface area is 353 Å². The number of amides is 1. The van der Waals surface area contributed by atoms with E-state index in [2.05, 4.69) is 55.6 Å². The van der Waals surface area contributed by atoms with Crippen LogP contribution in [0, 0.1) is 0 Å². The molecule has 2 atom stereocenters. The van der Waals surface area contributed by atoms with Crippen molar-refractivity contribution in [3.8, 4) is 0 Å². The number of unbranched alkanes of at least 4 members (excludes halogenated alkanes) is 29. The fraction of sp³-hybridized carbons (Fsp3) is 0.843. The molecular formula is C51H95NO5. The van der Waals surface area contributed by atoms with Gasteiger partial charge in [0.2, 0.25) is 5.91 Å². The first kappa shape index (κ1) is 55.1. The van der Waals surface area contributed by atoms with E-state index in [1.54, 1.807) is 0 Å². The number of esters is 1. The molecule has 0 saturated carbocycles. The van der Waals surface area contributed by atoms with Crippen molar-refractivity contribution in [2.45, 2.75) is 264 Å². The van der Waals surface area contributed by atoms with Crippen molar-refractivity contribution >= 4 is 11.9 Å². The second-order valence-electron chi connectivity index (χ2n) is 16.8. The van der Waals surface area contributed by atoms with Gasteiger partial charge in [-0.3, -0.25) is 9.59 Å². The molecule has 6 heteroatoms. The van der Waals surface area contributed by atoms with Crippen LogP contribution < -0.4 is 5.32 Å². The highest BCUT2D eigenvalue weighted by Crippen LogP contribution is 2.15. The zero-order chi connectivity index (χ0) is 41.5. The van der Waals surface area contributed by atoms with Gasteiger partial charge in [-0.2, -0.15) is 0 Å². The maximum Gasteiger partial charge on any atom is 0.305 e. The molecule has 0 fully saturated rings. The molecule has 0 aromatic carbocycles. The Kier molecular flexibility index (Phi) is 45.2. The van der Waals surface area contributed by atoms with Crippen LogP contribution in [-0.4, -0.2) is 47.4 Å². The van der Waals surface area contributed by atoms with Crippen molar-refractivity contribution in [2.75, 3.05) is 13.2 Å². The van der Waals surface area contributed by atoms with Gasteiger partial charge in [-0.25, -0.2) is 0 Å². The number of nitrogens with one attached hydrogen (secondary N) is 1. The standard InChI is InChI=1S/C51H95NO5/c1-3-5-7-9-11-13-15-20-25-29-33-37-41-45-51(56)57-46-42-38-34-30-26-22-19-17-18-21-24-28-32-36-40-44-50(55)52-48(47-53)49(54)43-39-35-31-27-23-16-14-12-10-8-6-4-2/h13,15,17,19,22,26,48-49,53-54H,3-12,14,16,18,20-21,23-25,27-47H2,1-2H3,(H,52,55)/b15-13-,19-17-,26-22-. The summed E-state index contributed by atoms with van der Waals surface area (Å²) in [6, 6.07) is -0.557. The molecule has 1 amide bonds. The third-order valence-electron chi connectivity index (χ3n) is 11.2. The van der Waals surface area contributed by atoms with Crippen LogP contribution in [0.15, 0.2) is 36.5 Å². The van der Waals surface area contributed by atoms with Gasteiger partial charge in [0.25, 0.3) is 0 Å². The van der Waals surface area contributed by atoms with Crippen LogP contribution in [0.4, 0.5) is 0 Å². The summed E-state index contributed by atoms with van der Waals surface area (Å²) in [6.45, 7) is 4.86. The topological polar surface area (TPSA) is 95.9 Å². The zero-order valence-electron chi connectivity index (χ0n) is 37.8. The molecule has 0 aliphatic heterocycles. The van der Waals surface area contributed by atoms with Crippen LogP contribution in [-0.2, 0) is 14.3 Å². The first-order valence-electron chi connectivity index (χ1n) is 24.8. The summed E-state index contributed by atoms with van der Waals surface area (Å²) < 4.78 is 5.42. The Morgan fingerprint density at radius 2 is 0.877 bits per heavy atom. The third kappa shape index (κ3) is 43.5. The molecule has 0 rings (SSSR count). The number of ether oxygens (including phenoxy) is 1. The third-order valence-corrected chi connectivity index (χ3v) is 11.2. The average Bonchev–Trinajstić information content (AvgIpc) is 3.21. The molecule has 0 aliphatic carbocycles. The fourth-order valence-corrected chi connectivity index (χ4v) is 7.33. The molecule has 0 aliphatic rings. The van der Waals surface area contributed by atoms with Crippen LogP contribution in [0.3, 0.4) is 0 Å².